The number of rotatable bonds is 3. The van der Waals surface area contributed by atoms with Gasteiger partial charge >= 0.3 is 5.97 Å². The Bertz CT molecular complexity index is 1390. The van der Waals surface area contributed by atoms with Gasteiger partial charge in [0.15, 0.2) is 17.3 Å². The summed E-state index contributed by atoms with van der Waals surface area (Å²) in [5.41, 5.74) is 1.35. The fraction of sp³-hybridized carbons (Fsp3) is 0.120. The third-order valence-electron chi connectivity index (χ3n) is 5.08. The van der Waals surface area contributed by atoms with Gasteiger partial charge in [-0.3, -0.25) is 4.79 Å². The monoisotopic (exact) mass is 448 g/mol. The Kier molecular flexibility index (Phi) is 5.07. The predicted octanol–water partition coefficient (Wildman–Crippen LogP) is 5.17. The van der Waals surface area contributed by atoms with E-state index in [1.165, 1.54) is 0 Å². The average Bonchev–Trinajstić information content (AvgIpc) is 2.81. The van der Waals surface area contributed by atoms with E-state index in [9.17, 15) is 9.59 Å². The Hall–Kier alpha value is -3.77. The summed E-state index contributed by atoms with van der Waals surface area (Å²) in [5.74, 6) is 0.138. The molecule has 6 nitrogen and oxygen atoms in total. The lowest BCUT2D eigenvalue weighted by Gasteiger charge is -2.25. The number of esters is 1. The average molecular weight is 449 g/mol. The van der Waals surface area contributed by atoms with E-state index in [1.54, 1.807) is 54.6 Å². The Balaban J connectivity index is 1.57. The fourth-order valence-electron chi connectivity index (χ4n) is 3.48. The zero-order valence-corrected chi connectivity index (χ0v) is 17.7. The van der Waals surface area contributed by atoms with Crippen molar-refractivity contribution in [2.24, 2.45) is 0 Å². The van der Waals surface area contributed by atoms with Crippen LogP contribution in [0.15, 0.2) is 75.9 Å². The largest absolute Gasteiger partial charge is 0.485 e. The van der Waals surface area contributed by atoms with E-state index < -0.39 is 17.5 Å². The minimum Gasteiger partial charge on any atom is -0.485 e. The molecule has 1 unspecified atom stereocenters. The van der Waals surface area contributed by atoms with Gasteiger partial charge in [0.25, 0.3) is 0 Å². The molecule has 2 heterocycles. The van der Waals surface area contributed by atoms with Crippen LogP contribution in [0.5, 0.6) is 17.2 Å². The van der Waals surface area contributed by atoms with Crippen molar-refractivity contribution in [1.29, 1.82) is 0 Å². The molecule has 32 heavy (non-hydrogen) atoms. The summed E-state index contributed by atoms with van der Waals surface area (Å²) in [6.45, 7) is 1.83. The molecule has 1 aromatic heterocycles. The molecule has 0 spiro atoms. The Labute approximate surface area is 187 Å². The number of carbonyl (C=O) groups is 1. The van der Waals surface area contributed by atoms with Crippen molar-refractivity contribution in [2.45, 2.75) is 13.0 Å². The summed E-state index contributed by atoms with van der Waals surface area (Å²) in [4.78, 5) is 26.3. The van der Waals surface area contributed by atoms with Crippen LogP contribution in [-0.2, 0) is 4.79 Å². The van der Waals surface area contributed by atoms with Crippen molar-refractivity contribution >= 4 is 28.5 Å². The number of carbonyl (C=O) groups excluding carboxylic acids is 1. The maximum atomic E-state index is 13.3. The first-order valence-electron chi connectivity index (χ1n) is 9.93. The van der Waals surface area contributed by atoms with E-state index in [0.29, 0.717) is 33.1 Å². The molecule has 0 aliphatic carbocycles. The van der Waals surface area contributed by atoms with Crippen LogP contribution < -0.4 is 19.6 Å². The minimum absolute atomic E-state index is 0.0376. The second-order valence-corrected chi connectivity index (χ2v) is 7.82. The van der Waals surface area contributed by atoms with Crippen LogP contribution in [0.2, 0.25) is 5.02 Å². The van der Waals surface area contributed by atoms with Crippen LogP contribution in [0.1, 0.15) is 5.56 Å². The number of hydrogen-bond acceptors (Lipinski definition) is 6. The SMILES string of the molecule is Cc1ccc2oc(-c3ccc(Cl)cc3)c(OC(=O)C3COc4ccccc4O3)c(=O)c2c1. The molecule has 1 aliphatic heterocycles. The Morgan fingerprint density at radius 3 is 2.56 bits per heavy atom. The molecule has 0 N–H and O–H groups in total. The van der Waals surface area contributed by atoms with Gasteiger partial charge in [-0.1, -0.05) is 35.4 Å². The fourth-order valence-corrected chi connectivity index (χ4v) is 3.60. The van der Waals surface area contributed by atoms with Crippen molar-refractivity contribution in [3.63, 3.8) is 0 Å². The first-order valence-corrected chi connectivity index (χ1v) is 10.3. The van der Waals surface area contributed by atoms with Crippen molar-refractivity contribution in [1.82, 2.24) is 0 Å². The topological polar surface area (TPSA) is 75.0 Å². The lowest BCUT2D eigenvalue weighted by Crippen LogP contribution is -2.40. The molecular formula is C25H17ClO6. The van der Waals surface area contributed by atoms with E-state index in [0.717, 1.165) is 5.56 Å². The normalized spacial score (nSPS) is 14.9. The zero-order chi connectivity index (χ0) is 22.2. The highest BCUT2D eigenvalue weighted by atomic mass is 35.5. The summed E-state index contributed by atoms with van der Waals surface area (Å²) in [6.07, 6.45) is -1.03. The first-order chi connectivity index (χ1) is 15.5. The van der Waals surface area contributed by atoms with Gasteiger partial charge in [-0.15, -0.1) is 0 Å². The number of para-hydroxylation sites is 2. The summed E-state index contributed by atoms with van der Waals surface area (Å²) in [7, 11) is 0. The highest BCUT2D eigenvalue weighted by Gasteiger charge is 2.31. The van der Waals surface area contributed by atoms with Crippen LogP contribution >= 0.6 is 11.6 Å². The molecule has 3 aromatic carbocycles. The van der Waals surface area contributed by atoms with Crippen LogP contribution in [0.25, 0.3) is 22.3 Å². The number of ether oxygens (including phenoxy) is 3. The van der Waals surface area contributed by atoms with E-state index in [4.69, 9.17) is 30.2 Å². The van der Waals surface area contributed by atoms with Gasteiger partial charge in [0, 0.05) is 10.6 Å². The van der Waals surface area contributed by atoms with Crippen LogP contribution in [0.4, 0.5) is 0 Å². The summed E-state index contributed by atoms with van der Waals surface area (Å²) in [6, 6.07) is 19.0. The maximum absolute atomic E-state index is 13.3. The summed E-state index contributed by atoms with van der Waals surface area (Å²) < 4.78 is 22.9. The standard InChI is InChI=1S/C25H17ClO6/c1-14-6-11-18-17(12-14)22(27)24(23(31-18)15-7-9-16(26)10-8-15)32-25(28)21-13-29-19-4-2-3-5-20(19)30-21/h2-12,21H,13H2,1H3. The van der Waals surface area contributed by atoms with Crippen LogP contribution in [-0.4, -0.2) is 18.7 Å². The molecule has 0 radical (unpaired) electrons. The number of hydrogen-bond donors (Lipinski definition) is 0. The second-order valence-electron chi connectivity index (χ2n) is 7.38. The lowest BCUT2D eigenvalue weighted by atomic mass is 10.1. The molecule has 5 rings (SSSR count). The summed E-state index contributed by atoms with van der Waals surface area (Å²) in [5, 5.41) is 0.842. The molecule has 0 amide bonds. The molecule has 160 valence electrons. The second kappa shape index (κ2) is 8.05. The molecule has 0 saturated carbocycles. The molecule has 1 aliphatic rings. The molecule has 0 saturated heterocycles. The molecular weight excluding hydrogens is 432 g/mol. The molecule has 7 heteroatoms. The van der Waals surface area contributed by atoms with Crippen molar-refractivity contribution in [3.05, 3.63) is 87.5 Å². The maximum Gasteiger partial charge on any atom is 0.356 e. The quantitative estimate of drug-likeness (QED) is 0.403. The van der Waals surface area contributed by atoms with Crippen molar-refractivity contribution in [2.75, 3.05) is 6.61 Å². The zero-order valence-electron chi connectivity index (χ0n) is 17.0. The predicted molar refractivity (Wildman–Crippen MR) is 120 cm³/mol. The van der Waals surface area contributed by atoms with Gasteiger partial charge in [0.05, 0.1) is 5.39 Å². The van der Waals surface area contributed by atoms with Crippen LogP contribution in [0, 0.1) is 6.92 Å². The third-order valence-corrected chi connectivity index (χ3v) is 5.34. The lowest BCUT2D eigenvalue weighted by molar-refractivity contribution is -0.144. The Morgan fingerprint density at radius 2 is 1.78 bits per heavy atom. The van der Waals surface area contributed by atoms with Gasteiger partial charge in [0.1, 0.15) is 12.2 Å². The first kappa shape index (κ1) is 20.2. The highest BCUT2D eigenvalue weighted by Crippen LogP contribution is 2.34. The van der Waals surface area contributed by atoms with Crippen molar-refractivity contribution < 1.29 is 23.4 Å². The number of fused-ring (bicyclic) bond motifs is 2. The van der Waals surface area contributed by atoms with Gasteiger partial charge in [-0.25, -0.2) is 4.79 Å². The molecule has 0 fully saturated rings. The highest BCUT2D eigenvalue weighted by molar-refractivity contribution is 6.30. The van der Waals surface area contributed by atoms with Crippen molar-refractivity contribution in [3.8, 4) is 28.6 Å². The van der Waals surface area contributed by atoms with Gasteiger partial charge in [0.2, 0.25) is 17.3 Å². The number of benzene rings is 3. The van der Waals surface area contributed by atoms with E-state index in [2.05, 4.69) is 0 Å². The molecule has 0 bridgehead atoms. The summed E-state index contributed by atoms with van der Waals surface area (Å²) >= 11 is 6.00. The minimum atomic E-state index is -1.03. The van der Waals surface area contributed by atoms with Crippen LogP contribution in [0.3, 0.4) is 0 Å². The Morgan fingerprint density at radius 1 is 1.03 bits per heavy atom. The van der Waals surface area contributed by atoms with E-state index in [-0.39, 0.29) is 18.1 Å². The van der Waals surface area contributed by atoms with Gasteiger partial charge in [-0.2, -0.15) is 0 Å². The smallest absolute Gasteiger partial charge is 0.356 e. The van der Waals surface area contributed by atoms with E-state index >= 15 is 0 Å². The molecule has 4 aromatic rings. The van der Waals surface area contributed by atoms with Gasteiger partial charge in [-0.05, 0) is 55.5 Å². The number of halogens is 1. The third kappa shape index (κ3) is 3.69. The van der Waals surface area contributed by atoms with E-state index in [1.807, 2.05) is 19.1 Å². The van der Waals surface area contributed by atoms with Gasteiger partial charge < -0.3 is 18.6 Å². The molecule has 1 atom stereocenters. The number of aryl methyl sites for hydroxylation is 1.